The molecule has 1 aromatic heterocycles. The first-order valence-corrected chi connectivity index (χ1v) is 16.0. The van der Waals surface area contributed by atoms with Crippen molar-refractivity contribution in [3.63, 3.8) is 0 Å². The van der Waals surface area contributed by atoms with E-state index >= 15 is 0 Å². The minimum atomic E-state index is -3.84. The first-order valence-electron chi connectivity index (χ1n) is 14.5. The van der Waals surface area contributed by atoms with E-state index in [9.17, 15) is 18.0 Å². The molecule has 1 amide bonds. The van der Waals surface area contributed by atoms with Gasteiger partial charge in [0.25, 0.3) is 5.91 Å². The third-order valence-electron chi connectivity index (χ3n) is 8.60. The fourth-order valence-corrected chi connectivity index (χ4v) is 7.72. The van der Waals surface area contributed by atoms with Crippen molar-refractivity contribution >= 4 is 32.5 Å². The van der Waals surface area contributed by atoms with Gasteiger partial charge < -0.3 is 14.4 Å². The Morgan fingerprint density at radius 2 is 1.74 bits per heavy atom. The van der Waals surface area contributed by atoms with E-state index in [1.165, 1.54) is 15.9 Å². The van der Waals surface area contributed by atoms with Gasteiger partial charge in [-0.3, -0.25) is 9.59 Å². The highest BCUT2D eigenvalue weighted by Crippen LogP contribution is 2.27. The Bertz CT molecular complexity index is 1850. The van der Waals surface area contributed by atoms with Gasteiger partial charge in [0.2, 0.25) is 15.5 Å². The average molecular weight is 585 g/mol. The second-order valence-electron chi connectivity index (χ2n) is 11.3. The van der Waals surface area contributed by atoms with Crippen LogP contribution < -0.4 is 10.3 Å². The van der Waals surface area contributed by atoms with Gasteiger partial charge in [-0.1, -0.05) is 36.4 Å². The fourth-order valence-electron chi connectivity index (χ4n) is 6.28. The summed E-state index contributed by atoms with van der Waals surface area (Å²) in [4.78, 5) is 31.7. The molecule has 0 radical (unpaired) electrons. The van der Waals surface area contributed by atoms with Crippen LogP contribution in [0, 0.1) is 6.92 Å². The number of benzene rings is 3. The van der Waals surface area contributed by atoms with E-state index < -0.39 is 15.5 Å². The van der Waals surface area contributed by atoms with Crippen LogP contribution in [0.4, 0.5) is 5.69 Å². The maximum atomic E-state index is 13.8. The quantitative estimate of drug-likeness (QED) is 0.347. The van der Waals surface area contributed by atoms with Crippen LogP contribution in [0.1, 0.15) is 40.9 Å². The molecule has 4 aromatic rings. The van der Waals surface area contributed by atoms with Crippen LogP contribution in [-0.2, 0) is 29.5 Å². The molecule has 0 saturated carbocycles. The summed E-state index contributed by atoms with van der Waals surface area (Å²) in [6.07, 6.45) is 2.26. The smallest absolute Gasteiger partial charge is 0.259 e. The van der Waals surface area contributed by atoms with Crippen LogP contribution >= 0.6 is 0 Å². The van der Waals surface area contributed by atoms with Gasteiger partial charge in [0.1, 0.15) is 5.56 Å². The second-order valence-corrected chi connectivity index (χ2v) is 13.3. The van der Waals surface area contributed by atoms with E-state index in [1.54, 1.807) is 23.2 Å². The number of rotatable bonds is 5. The number of piperazine rings is 1. The first kappa shape index (κ1) is 28.2. The largest absolute Gasteiger partial charge is 0.365 e. The molecule has 1 saturated heterocycles. The molecule has 0 N–H and O–H groups in total. The summed E-state index contributed by atoms with van der Waals surface area (Å²) in [6, 6.07) is 21.0. The molecule has 9 heteroatoms. The lowest BCUT2D eigenvalue weighted by atomic mass is 10.0. The van der Waals surface area contributed by atoms with Gasteiger partial charge in [-0.05, 0) is 74.2 Å². The van der Waals surface area contributed by atoms with Gasteiger partial charge in [-0.2, -0.15) is 4.31 Å². The zero-order chi connectivity index (χ0) is 29.6. The molecule has 42 heavy (non-hydrogen) atoms. The number of hydrogen-bond acceptors (Lipinski definition) is 5. The zero-order valence-corrected chi connectivity index (χ0v) is 25.1. The molecule has 1 atom stereocenters. The lowest BCUT2D eigenvalue weighted by Crippen LogP contribution is -2.54. The number of fused-ring (bicyclic) bond motifs is 2. The molecule has 8 nitrogen and oxygen atoms in total. The number of amides is 1. The fraction of sp³-hybridized carbons (Fsp3) is 0.333. The highest BCUT2D eigenvalue weighted by molar-refractivity contribution is 7.89. The lowest BCUT2D eigenvalue weighted by Gasteiger charge is -2.41. The Morgan fingerprint density at radius 3 is 2.48 bits per heavy atom. The van der Waals surface area contributed by atoms with Crippen molar-refractivity contribution in [3.05, 3.63) is 105 Å². The van der Waals surface area contributed by atoms with Crippen molar-refractivity contribution < 1.29 is 13.2 Å². The van der Waals surface area contributed by atoms with Gasteiger partial charge >= 0.3 is 0 Å². The normalized spacial score (nSPS) is 17.8. The Morgan fingerprint density at radius 1 is 0.952 bits per heavy atom. The van der Waals surface area contributed by atoms with Crippen molar-refractivity contribution in [1.29, 1.82) is 0 Å². The third-order valence-corrected chi connectivity index (χ3v) is 10.4. The molecule has 6 rings (SSSR count). The van der Waals surface area contributed by atoms with Crippen LogP contribution in [0.3, 0.4) is 0 Å². The summed E-state index contributed by atoms with van der Waals surface area (Å²) in [5, 5.41) is 0.243. The molecule has 3 aromatic carbocycles. The molecule has 0 unspecified atom stereocenters. The number of sulfonamides is 1. The zero-order valence-electron chi connectivity index (χ0n) is 24.3. The van der Waals surface area contributed by atoms with E-state index in [1.807, 2.05) is 41.8 Å². The summed E-state index contributed by atoms with van der Waals surface area (Å²) in [5.74, 6) is -0.319. The molecular weight excluding hydrogens is 548 g/mol. The Balaban J connectivity index is 1.31. The number of nitrogens with zero attached hydrogens (tertiary/aromatic N) is 4. The van der Waals surface area contributed by atoms with Crippen LogP contribution in [0.5, 0.6) is 0 Å². The molecule has 3 heterocycles. The van der Waals surface area contributed by atoms with Gasteiger partial charge in [-0.15, -0.1) is 0 Å². The third kappa shape index (κ3) is 5.01. The topological polar surface area (TPSA) is 82.9 Å². The summed E-state index contributed by atoms with van der Waals surface area (Å²) in [5.41, 5.74) is 4.70. The number of carbonyl (C=O) groups is 1. The highest BCUT2D eigenvalue weighted by atomic mass is 32.2. The van der Waals surface area contributed by atoms with Crippen molar-refractivity contribution in [2.75, 3.05) is 31.1 Å². The Hall–Kier alpha value is -3.95. The standard InChI is InChI=1S/C33H36N4O4S/c1-4-34-22-30(33(39)35-16-17-37(24(3)20-35)27-11-7-8-23(2)18-27)32(38)29-19-28(12-13-31(29)34)42(40,41)36-15-14-25-9-5-6-10-26(25)21-36/h5-13,18-19,22,24H,4,14-17,20-21H2,1-3H3/t24-/m0/s1. The van der Waals surface area contributed by atoms with E-state index in [2.05, 4.69) is 36.9 Å². The van der Waals surface area contributed by atoms with E-state index in [0.29, 0.717) is 51.2 Å². The molecule has 2 aliphatic rings. The molecular formula is C33H36N4O4S. The minimum absolute atomic E-state index is 0.0686. The SMILES string of the molecule is CCn1cc(C(=O)N2CCN(c3cccc(C)c3)[C@@H](C)C2)c(=O)c2cc(S(=O)(=O)N3CCc4ccccc4C3)ccc21. The molecule has 0 aliphatic carbocycles. The second kappa shape index (κ2) is 11.0. The number of aryl methyl sites for hydroxylation is 2. The molecule has 0 bridgehead atoms. The minimum Gasteiger partial charge on any atom is -0.365 e. The molecule has 2 aliphatic heterocycles. The molecule has 1 fully saturated rings. The van der Waals surface area contributed by atoms with E-state index in [0.717, 1.165) is 16.8 Å². The summed E-state index contributed by atoms with van der Waals surface area (Å²) in [7, 11) is -3.84. The monoisotopic (exact) mass is 584 g/mol. The number of carbonyl (C=O) groups excluding carboxylic acids is 1. The van der Waals surface area contributed by atoms with Crippen molar-refractivity contribution in [2.45, 2.75) is 51.2 Å². The van der Waals surface area contributed by atoms with Crippen LogP contribution in [0.15, 0.2) is 82.6 Å². The lowest BCUT2D eigenvalue weighted by molar-refractivity contribution is 0.0724. The first-order chi connectivity index (χ1) is 20.2. The number of anilines is 1. The Labute approximate surface area is 246 Å². The van der Waals surface area contributed by atoms with Crippen LogP contribution in [0.25, 0.3) is 10.9 Å². The van der Waals surface area contributed by atoms with Gasteiger partial charge in [0, 0.05) is 62.6 Å². The van der Waals surface area contributed by atoms with Gasteiger partial charge in [-0.25, -0.2) is 8.42 Å². The maximum absolute atomic E-state index is 13.8. The number of pyridine rings is 1. The summed E-state index contributed by atoms with van der Waals surface area (Å²) < 4.78 is 30.8. The summed E-state index contributed by atoms with van der Waals surface area (Å²) >= 11 is 0. The van der Waals surface area contributed by atoms with Crippen molar-refractivity contribution in [3.8, 4) is 0 Å². The van der Waals surface area contributed by atoms with Gasteiger partial charge in [0.15, 0.2) is 0 Å². The highest BCUT2D eigenvalue weighted by Gasteiger charge is 2.31. The van der Waals surface area contributed by atoms with Crippen molar-refractivity contribution in [1.82, 2.24) is 13.8 Å². The van der Waals surface area contributed by atoms with E-state index in [-0.39, 0.29) is 27.8 Å². The van der Waals surface area contributed by atoms with Crippen LogP contribution in [0.2, 0.25) is 0 Å². The van der Waals surface area contributed by atoms with Gasteiger partial charge in [0.05, 0.1) is 10.4 Å². The summed E-state index contributed by atoms with van der Waals surface area (Å²) in [6.45, 7) is 8.93. The van der Waals surface area contributed by atoms with Crippen LogP contribution in [-0.4, -0.2) is 60.3 Å². The average Bonchev–Trinajstić information content (AvgIpc) is 3.00. The predicted molar refractivity (Wildman–Crippen MR) is 166 cm³/mol. The van der Waals surface area contributed by atoms with E-state index in [4.69, 9.17) is 0 Å². The molecule has 218 valence electrons. The van der Waals surface area contributed by atoms with Crippen molar-refractivity contribution in [2.24, 2.45) is 0 Å². The molecule has 0 spiro atoms. The Kier molecular flexibility index (Phi) is 7.41. The number of aromatic nitrogens is 1. The number of hydrogen-bond donors (Lipinski definition) is 0. The maximum Gasteiger partial charge on any atom is 0.259 e. The predicted octanol–water partition coefficient (Wildman–Crippen LogP) is 4.43.